The number of nitrogens with two attached hydrogens (primary N) is 2. The van der Waals surface area contributed by atoms with E-state index < -0.39 is 23.5 Å². The van der Waals surface area contributed by atoms with E-state index >= 15 is 0 Å². The van der Waals surface area contributed by atoms with Crippen LogP contribution in [0.4, 0.5) is 21.0 Å². The summed E-state index contributed by atoms with van der Waals surface area (Å²) in [5, 5.41) is 4.21. The second-order valence-corrected chi connectivity index (χ2v) is 8.38. The Morgan fingerprint density at radius 1 is 1.23 bits per heavy atom. The first-order valence-electron chi connectivity index (χ1n) is 9.84. The van der Waals surface area contributed by atoms with Crippen LogP contribution in [0.15, 0.2) is 28.8 Å². The Hall–Kier alpha value is -3.34. The van der Waals surface area contributed by atoms with E-state index in [4.69, 9.17) is 16.0 Å². The maximum atomic E-state index is 13.4. The lowest BCUT2D eigenvalue weighted by atomic mass is 10.1. The summed E-state index contributed by atoms with van der Waals surface area (Å²) in [6.45, 7) is 1.58. The standard InChI is InChI=1S/C20H21FN6O3S/c1-10(17(23)29)27(13-8-6-12(21)7-9-13)20-24-16(22)15(31-20)14(28)19-25-18(26-30-19)11-4-2-3-5-11/h6-11H,2-5,22H2,1H3,(H2,23,29). The minimum Gasteiger partial charge on any atom is -0.382 e. The summed E-state index contributed by atoms with van der Waals surface area (Å²) in [7, 11) is 0. The molecule has 2 heterocycles. The van der Waals surface area contributed by atoms with E-state index in [2.05, 4.69) is 15.1 Å². The van der Waals surface area contributed by atoms with Gasteiger partial charge in [0.2, 0.25) is 5.91 Å². The summed E-state index contributed by atoms with van der Waals surface area (Å²) in [6, 6.07) is 4.65. The lowest BCUT2D eigenvalue weighted by Gasteiger charge is -2.26. The molecule has 162 valence electrons. The Labute approximate surface area is 181 Å². The van der Waals surface area contributed by atoms with Gasteiger partial charge in [-0.25, -0.2) is 9.37 Å². The maximum absolute atomic E-state index is 13.4. The van der Waals surface area contributed by atoms with E-state index in [9.17, 15) is 14.0 Å². The van der Waals surface area contributed by atoms with Gasteiger partial charge in [0.25, 0.3) is 11.7 Å². The lowest BCUT2D eigenvalue weighted by molar-refractivity contribution is -0.118. The van der Waals surface area contributed by atoms with Gasteiger partial charge in [-0.2, -0.15) is 4.98 Å². The number of rotatable bonds is 7. The van der Waals surface area contributed by atoms with Gasteiger partial charge in [0, 0.05) is 11.6 Å². The molecular formula is C20H21FN6O3S. The predicted octanol–water partition coefficient (Wildman–Crippen LogP) is 3.15. The van der Waals surface area contributed by atoms with E-state index in [0.717, 1.165) is 37.0 Å². The molecular weight excluding hydrogens is 423 g/mol. The number of carbonyl (C=O) groups is 2. The van der Waals surface area contributed by atoms with E-state index in [-0.39, 0.29) is 27.6 Å². The van der Waals surface area contributed by atoms with E-state index in [1.54, 1.807) is 6.92 Å². The van der Waals surface area contributed by atoms with Gasteiger partial charge < -0.3 is 20.9 Å². The van der Waals surface area contributed by atoms with E-state index in [1.807, 2.05) is 0 Å². The number of primary amides is 1. The van der Waals surface area contributed by atoms with E-state index in [0.29, 0.717) is 11.5 Å². The largest absolute Gasteiger partial charge is 0.382 e. The number of hydrogen-bond donors (Lipinski definition) is 2. The smallest absolute Gasteiger partial charge is 0.300 e. The van der Waals surface area contributed by atoms with Crippen molar-refractivity contribution in [2.24, 2.45) is 5.73 Å². The Kier molecular flexibility index (Phi) is 5.68. The Morgan fingerprint density at radius 3 is 2.55 bits per heavy atom. The summed E-state index contributed by atoms with van der Waals surface area (Å²) in [5.41, 5.74) is 12.0. The number of amides is 1. The third-order valence-electron chi connectivity index (χ3n) is 5.31. The van der Waals surface area contributed by atoms with Crippen LogP contribution in [0.1, 0.15) is 59.9 Å². The number of ketones is 1. The molecule has 1 saturated carbocycles. The van der Waals surface area contributed by atoms with Crippen LogP contribution in [0, 0.1) is 5.82 Å². The van der Waals surface area contributed by atoms with Gasteiger partial charge in [-0.15, -0.1) is 0 Å². The summed E-state index contributed by atoms with van der Waals surface area (Å²) >= 11 is 0.968. The van der Waals surface area contributed by atoms with Crippen molar-refractivity contribution < 1.29 is 18.5 Å². The highest BCUT2D eigenvalue weighted by molar-refractivity contribution is 7.18. The third-order valence-corrected chi connectivity index (χ3v) is 6.38. The SMILES string of the molecule is CC(C(N)=O)N(c1ccc(F)cc1)c1nc(N)c(C(=O)c2nc(C3CCCC3)no2)s1. The predicted molar refractivity (Wildman–Crippen MR) is 113 cm³/mol. The molecule has 31 heavy (non-hydrogen) atoms. The fourth-order valence-electron chi connectivity index (χ4n) is 3.59. The van der Waals surface area contributed by atoms with Crippen molar-refractivity contribution in [3.8, 4) is 0 Å². The molecule has 0 saturated heterocycles. The van der Waals surface area contributed by atoms with Crippen LogP contribution < -0.4 is 16.4 Å². The highest BCUT2D eigenvalue weighted by Gasteiger charge is 2.30. The second kappa shape index (κ2) is 8.42. The highest BCUT2D eigenvalue weighted by Crippen LogP contribution is 2.36. The molecule has 1 atom stereocenters. The molecule has 0 spiro atoms. The number of carbonyl (C=O) groups excluding carboxylic acids is 2. The number of benzene rings is 1. The van der Waals surface area contributed by atoms with Gasteiger partial charge in [0.15, 0.2) is 11.0 Å². The molecule has 4 rings (SSSR count). The number of nitrogen functional groups attached to an aromatic ring is 1. The van der Waals surface area contributed by atoms with Crippen LogP contribution in [-0.2, 0) is 4.79 Å². The van der Waals surface area contributed by atoms with Gasteiger partial charge in [0.05, 0.1) is 0 Å². The van der Waals surface area contributed by atoms with Crippen LogP contribution in [0.25, 0.3) is 0 Å². The summed E-state index contributed by atoms with van der Waals surface area (Å²) in [6.07, 6.45) is 4.14. The van der Waals surface area contributed by atoms with Gasteiger partial charge in [-0.05, 0) is 44.0 Å². The van der Waals surface area contributed by atoms with Crippen LogP contribution in [0.5, 0.6) is 0 Å². The molecule has 1 aromatic carbocycles. The first kappa shape index (κ1) is 20.9. The molecule has 11 heteroatoms. The van der Waals surface area contributed by atoms with Crippen molar-refractivity contribution in [1.82, 2.24) is 15.1 Å². The number of halogens is 1. The van der Waals surface area contributed by atoms with Crippen LogP contribution in [0.3, 0.4) is 0 Å². The normalized spacial score (nSPS) is 15.2. The lowest BCUT2D eigenvalue weighted by Crippen LogP contribution is -2.39. The molecule has 0 bridgehead atoms. The maximum Gasteiger partial charge on any atom is 0.300 e. The van der Waals surface area contributed by atoms with Crippen molar-refractivity contribution in [3.05, 3.63) is 46.7 Å². The number of anilines is 3. The first-order chi connectivity index (χ1) is 14.8. The van der Waals surface area contributed by atoms with Crippen LogP contribution in [-0.4, -0.2) is 32.9 Å². The van der Waals surface area contributed by atoms with Gasteiger partial charge in [0.1, 0.15) is 22.6 Å². The van der Waals surface area contributed by atoms with Crippen molar-refractivity contribution >= 4 is 39.7 Å². The minimum atomic E-state index is -0.823. The molecule has 3 aromatic rings. The molecule has 9 nitrogen and oxygen atoms in total. The zero-order valence-electron chi connectivity index (χ0n) is 16.7. The van der Waals surface area contributed by atoms with Crippen molar-refractivity contribution in [1.29, 1.82) is 0 Å². The average Bonchev–Trinajstić information content (AvgIpc) is 3.49. The third kappa shape index (κ3) is 4.13. The number of nitrogens with zero attached hydrogens (tertiary/aromatic N) is 4. The van der Waals surface area contributed by atoms with Gasteiger partial charge in [-0.1, -0.05) is 29.3 Å². The Morgan fingerprint density at radius 2 is 1.90 bits per heavy atom. The molecule has 0 radical (unpaired) electrons. The average molecular weight is 444 g/mol. The number of thiazole rings is 1. The minimum absolute atomic E-state index is 0.0330. The topological polar surface area (TPSA) is 141 Å². The quantitative estimate of drug-likeness (QED) is 0.529. The fourth-order valence-corrected chi connectivity index (χ4v) is 4.61. The van der Waals surface area contributed by atoms with Crippen molar-refractivity contribution in [3.63, 3.8) is 0 Å². The Balaban J connectivity index is 1.66. The molecule has 1 aliphatic rings. The summed E-state index contributed by atoms with van der Waals surface area (Å²) < 4.78 is 18.6. The van der Waals surface area contributed by atoms with Crippen molar-refractivity contribution in [2.75, 3.05) is 10.6 Å². The molecule has 1 amide bonds. The molecule has 4 N–H and O–H groups in total. The second-order valence-electron chi connectivity index (χ2n) is 7.40. The number of hydrogen-bond acceptors (Lipinski definition) is 9. The fraction of sp³-hybridized carbons (Fsp3) is 0.350. The van der Waals surface area contributed by atoms with Crippen molar-refractivity contribution in [2.45, 2.75) is 44.6 Å². The van der Waals surface area contributed by atoms with Gasteiger partial charge >= 0.3 is 0 Å². The van der Waals surface area contributed by atoms with Crippen LogP contribution >= 0.6 is 11.3 Å². The zero-order chi connectivity index (χ0) is 22.1. The number of aromatic nitrogens is 3. The zero-order valence-corrected chi connectivity index (χ0v) is 17.6. The first-order valence-corrected chi connectivity index (χ1v) is 10.7. The monoisotopic (exact) mass is 444 g/mol. The van der Waals surface area contributed by atoms with E-state index in [1.165, 1.54) is 29.2 Å². The molecule has 0 aliphatic heterocycles. The molecule has 1 unspecified atom stereocenters. The summed E-state index contributed by atoms with van der Waals surface area (Å²) in [4.78, 5) is 35.0. The Bertz CT molecular complexity index is 1110. The molecule has 1 aliphatic carbocycles. The molecule has 2 aromatic heterocycles. The molecule has 1 fully saturated rings. The van der Waals surface area contributed by atoms with Crippen LogP contribution in [0.2, 0.25) is 0 Å². The highest BCUT2D eigenvalue weighted by atomic mass is 32.1. The van der Waals surface area contributed by atoms with Gasteiger partial charge in [-0.3, -0.25) is 9.59 Å². The summed E-state index contributed by atoms with van der Waals surface area (Å²) in [5.74, 6) is -1.05.